The highest BCUT2D eigenvalue weighted by atomic mass is 16.5. The molecule has 0 spiro atoms. The van der Waals surface area contributed by atoms with E-state index in [9.17, 15) is 9.59 Å². The van der Waals surface area contributed by atoms with Crippen LogP contribution in [0, 0.1) is 0 Å². The maximum absolute atomic E-state index is 12.2. The van der Waals surface area contributed by atoms with Crippen molar-refractivity contribution in [3.8, 4) is 11.5 Å². The summed E-state index contributed by atoms with van der Waals surface area (Å²) in [4.78, 5) is 24.0. The van der Waals surface area contributed by atoms with Crippen molar-refractivity contribution in [1.82, 2.24) is 0 Å². The Bertz CT molecular complexity index is 691. The van der Waals surface area contributed by atoms with Crippen LogP contribution in [0.5, 0.6) is 11.5 Å². The highest BCUT2D eigenvalue weighted by Gasteiger charge is 2.14. The molecule has 0 unspecified atom stereocenters. The average molecular weight is 328 g/mol. The molecule has 0 fully saturated rings. The number of methoxy groups -OCH3 is 1. The van der Waals surface area contributed by atoms with Crippen LogP contribution in [-0.4, -0.2) is 25.7 Å². The first kappa shape index (κ1) is 17.5. The second-order valence-corrected chi connectivity index (χ2v) is 5.10. The molecular weight excluding hydrogens is 308 g/mol. The molecule has 0 amide bonds. The smallest absolute Gasteiger partial charge is 0.347 e. The zero-order chi connectivity index (χ0) is 17.4. The van der Waals surface area contributed by atoms with Gasteiger partial charge in [0.15, 0.2) is 0 Å². The van der Waals surface area contributed by atoms with E-state index in [0.717, 1.165) is 12.8 Å². The molecule has 0 heterocycles. The monoisotopic (exact) mass is 328 g/mol. The number of unbranched alkanes of at least 4 members (excludes halogenated alkanes) is 1. The van der Waals surface area contributed by atoms with Gasteiger partial charge in [-0.2, -0.15) is 0 Å². The predicted octanol–water partition coefficient (Wildman–Crippen LogP) is 3.87. The Morgan fingerprint density at radius 2 is 1.67 bits per heavy atom. The van der Waals surface area contributed by atoms with Gasteiger partial charge in [-0.05, 0) is 42.8 Å². The Balaban J connectivity index is 2.01. The van der Waals surface area contributed by atoms with Crippen LogP contribution < -0.4 is 9.47 Å². The molecule has 0 atom stereocenters. The van der Waals surface area contributed by atoms with Crippen molar-refractivity contribution >= 4 is 11.9 Å². The molecule has 0 aliphatic heterocycles. The summed E-state index contributed by atoms with van der Waals surface area (Å²) in [6.07, 6.45) is 1.80. The summed E-state index contributed by atoms with van der Waals surface area (Å²) < 4.78 is 15.6. The molecule has 0 saturated heterocycles. The number of benzene rings is 2. The Morgan fingerprint density at radius 1 is 0.958 bits per heavy atom. The van der Waals surface area contributed by atoms with Crippen molar-refractivity contribution in [2.75, 3.05) is 13.7 Å². The standard InChI is InChI=1S/C19H20O5/c1-3-4-13-23-18(20)14-9-11-15(12-10-14)24-19(21)16-7-5-6-8-17(16)22-2/h5-12H,3-4,13H2,1-2H3. The minimum Gasteiger partial charge on any atom is -0.496 e. The molecule has 0 aliphatic carbocycles. The molecule has 0 radical (unpaired) electrons. The summed E-state index contributed by atoms with van der Waals surface area (Å²) in [5, 5.41) is 0. The topological polar surface area (TPSA) is 61.8 Å². The molecule has 2 rings (SSSR count). The van der Waals surface area contributed by atoms with Crippen molar-refractivity contribution in [3.63, 3.8) is 0 Å². The number of carbonyl (C=O) groups is 2. The van der Waals surface area contributed by atoms with E-state index in [1.54, 1.807) is 48.5 Å². The van der Waals surface area contributed by atoms with E-state index in [0.29, 0.717) is 29.2 Å². The first-order valence-electron chi connectivity index (χ1n) is 7.78. The van der Waals surface area contributed by atoms with Crippen LogP contribution in [0.25, 0.3) is 0 Å². The Hall–Kier alpha value is -2.82. The fourth-order valence-corrected chi connectivity index (χ4v) is 2.03. The number of hydrogen-bond acceptors (Lipinski definition) is 5. The van der Waals surface area contributed by atoms with Gasteiger partial charge in [-0.25, -0.2) is 9.59 Å². The predicted molar refractivity (Wildman–Crippen MR) is 89.6 cm³/mol. The molecule has 0 saturated carbocycles. The van der Waals surface area contributed by atoms with Crippen molar-refractivity contribution in [3.05, 3.63) is 59.7 Å². The van der Waals surface area contributed by atoms with Crippen LogP contribution in [0.1, 0.15) is 40.5 Å². The maximum atomic E-state index is 12.2. The molecule has 126 valence electrons. The van der Waals surface area contributed by atoms with E-state index in [1.165, 1.54) is 7.11 Å². The maximum Gasteiger partial charge on any atom is 0.347 e. The van der Waals surface area contributed by atoms with Gasteiger partial charge in [0.2, 0.25) is 0 Å². The summed E-state index contributed by atoms with van der Waals surface area (Å²) in [5.74, 6) is -0.119. The SMILES string of the molecule is CCCCOC(=O)c1ccc(OC(=O)c2ccccc2OC)cc1. The van der Waals surface area contributed by atoms with Crippen LogP contribution in [-0.2, 0) is 4.74 Å². The summed E-state index contributed by atoms with van der Waals surface area (Å²) in [6.45, 7) is 2.43. The lowest BCUT2D eigenvalue weighted by Gasteiger charge is -2.09. The molecule has 0 aliphatic rings. The quantitative estimate of drug-likeness (QED) is 0.438. The normalized spacial score (nSPS) is 10.1. The van der Waals surface area contributed by atoms with Gasteiger partial charge in [-0.15, -0.1) is 0 Å². The Labute approximate surface area is 141 Å². The average Bonchev–Trinajstić information content (AvgIpc) is 2.62. The van der Waals surface area contributed by atoms with Gasteiger partial charge < -0.3 is 14.2 Å². The fourth-order valence-electron chi connectivity index (χ4n) is 2.03. The molecule has 2 aromatic rings. The van der Waals surface area contributed by atoms with Gasteiger partial charge in [-0.1, -0.05) is 25.5 Å². The van der Waals surface area contributed by atoms with Gasteiger partial charge in [-0.3, -0.25) is 0 Å². The van der Waals surface area contributed by atoms with E-state index in [-0.39, 0.29) is 5.97 Å². The number of carbonyl (C=O) groups excluding carboxylic acids is 2. The zero-order valence-corrected chi connectivity index (χ0v) is 13.8. The third-order valence-electron chi connectivity index (χ3n) is 3.36. The summed E-state index contributed by atoms with van der Waals surface area (Å²) in [6, 6.07) is 13.1. The largest absolute Gasteiger partial charge is 0.496 e. The lowest BCUT2D eigenvalue weighted by molar-refractivity contribution is 0.0499. The Morgan fingerprint density at radius 3 is 2.33 bits per heavy atom. The fraction of sp³-hybridized carbons (Fsp3) is 0.263. The van der Waals surface area contributed by atoms with Crippen LogP contribution in [0.3, 0.4) is 0 Å². The minimum atomic E-state index is -0.522. The van der Waals surface area contributed by atoms with E-state index in [2.05, 4.69) is 0 Å². The molecular formula is C19H20O5. The number of esters is 2. The van der Waals surface area contributed by atoms with E-state index >= 15 is 0 Å². The van der Waals surface area contributed by atoms with Gasteiger partial charge in [0.1, 0.15) is 17.1 Å². The lowest BCUT2D eigenvalue weighted by Crippen LogP contribution is -2.10. The molecule has 24 heavy (non-hydrogen) atoms. The molecule has 5 nitrogen and oxygen atoms in total. The molecule has 0 bridgehead atoms. The minimum absolute atomic E-state index is 0.336. The molecule has 0 N–H and O–H groups in total. The van der Waals surface area contributed by atoms with E-state index in [4.69, 9.17) is 14.2 Å². The van der Waals surface area contributed by atoms with Gasteiger partial charge in [0, 0.05) is 0 Å². The number of hydrogen-bond donors (Lipinski definition) is 0. The van der Waals surface area contributed by atoms with Gasteiger partial charge in [0.25, 0.3) is 0 Å². The number of para-hydroxylation sites is 1. The van der Waals surface area contributed by atoms with Crippen molar-refractivity contribution in [2.24, 2.45) is 0 Å². The third-order valence-corrected chi connectivity index (χ3v) is 3.36. The van der Waals surface area contributed by atoms with Crippen LogP contribution in [0.4, 0.5) is 0 Å². The Kier molecular flexibility index (Phi) is 6.37. The van der Waals surface area contributed by atoms with Crippen molar-refractivity contribution in [2.45, 2.75) is 19.8 Å². The number of ether oxygens (including phenoxy) is 3. The van der Waals surface area contributed by atoms with E-state index < -0.39 is 5.97 Å². The second kappa shape index (κ2) is 8.72. The molecule has 2 aromatic carbocycles. The summed E-state index contributed by atoms with van der Waals surface area (Å²) >= 11 is 0. The second-order valence-electron chi connectivity index (χ2n) is 5.10. The van der Waals surface area contributed by atoms with Crippen LogP contribution in [0.2, 0.25) is 0 Å². The first-order chi connectivity index (χ1) is 11.7. The lowest BCUT2D eigenvalue weighted by atomic mass is 10.2. The van der Waals surface area contributed by atoms with Gasteiger partial charge >= 0.3 is 11.9 Å². The van der Waals surface area contributed by atoms with E-state index in [1.807, 2.05) is 6.92 Å². The van der Waals surface area contributed by atoms with Crippen molar-refractivity contribution in [1.29, 1.82) is 0 Å². The molecule has 0 aromatic heterocycles. The highest BCUT2D eigenvalue weighted by Crippen LogP contribution is 2.20. The summed E-state index contributed by atoms with van der Waals surface area (Å²) in [5.41, 5.74) is 0.756. The van der Waals surface area contributed by atoms with Crippen LogP contribution in [0.15, 0.2) is 48.5 Å². The third kappa shape index (κ3) is 4.59. The number of rotatable bonds is 7. The van der Waals surface area contributed by atoms with Crippen molar-refractivity contribution < 1.29 is 23.8 Å². The zero-order valence-electron chi connectivity index (χ0n) is 13.8. The highest BCUT2D eigenvalue weighted by molar-refractivity contribution is 5.94. The van der Waals surface area contributed by atoms with Gasteiger partial charge in [0.05, 0.1) is 19.3 Å². The van der Waals surface area contributed by atoms with Crippen LogP contribution >= 0.6 is 0 Å². The summed E-state index contributed by atoms with van der Waals surface area (Å²) in [7, 11) is 1.49. The first-order valence-corrected chi connectivity index (χ1v) is 7.78. The molecule has 5 heteroatoms.